The summed E-state index contributed by atoms with van der Waals surface area (Å²) in [5, 5.41) is 14.3. The first kappa shape index (κ1) is 14.9. The maximum atomic E-state index is 10.1. The second kappa shape index (κ2) is 6.42. The van der Waals surface area contributed by atoms with Gasteiger partial charge in [0, 0.05) is 35.3 Å². The van der Waals surface area contributed by atoms with E-state index in [1.165, 1.54) is 45.9 Å². The van der Waals surface area contributed by atoms with Gasteiger partial charge in [0.1, 0.15) is 0 Å². The van der Waals surface area contributed by atoms with Crippen LogP contribution in [0.15, 0.2) is 12.1 Å². The molecular formula is C16H23ClN2O2. The zero-order valence-electron chi connectivity index (χ0n) is 12.4. The fourth-order valence-corrected chi connectivity index (χ4v) is 3.31. The van der Waals surface area contributed by atoms with Gasteiger partial charge in [0.15, 0.2) is 11.5 Å². The van der Waals surface area contributed by atoms with Crippen molar-refractivity contribution in [2.45, 2.75) is 44.3 Å². The van der Waals surface area contributed by atoms with E-state index in [0.29, 0.717) is 23.4 Å². The molecule has 3 rings (SSSR count). The lowest BCUT2D eigenvalue weighted by Crippen LogP contribution is -2.43. The summed E-state index contributed by atoms with van der Waals surface area (Å²) in [6.07, 6.45) is 5.12. The Morgan fingerprint density at radius 3 is 2.62 bits per heavy atom. The highest BCUT2D eigenvalue weighted by atomic mass is 35.5. The van der Waals surface area contributed by atoms with Crippen molar-refractivity contribution in [1.29, 1.82) is 0 Å². The summed E-state index contributed by atoms with van der Waals surface area (Å²) < 4.78 is 5.14. The highest BCUT2D eigenvalue weighted by Crippen LogP contribution is 2.34. The number of likely N-dealkylation sites (tertiary alicyclic amines) is 1. The van der Waals surface area contributed by atoms with Crippen LogP contribution in [0.2, 0.25) is 5.02 Å². The molecule has 1 aromatic carbocycles. The first-order chi connectivity index (χ1) is 10.2. The predicted octanol–water partition coefficient (Wildman–Crippen LogP) is 2.77. The van der Waals surface area contributed by atoms with E-state index >= 15 is 0 Å². The highest BCUT2D eigenvalue weighted by molar-refractivity contribution is 6.30. The summed E-state index contributed by atoms with van der Waals surface area (Å²) in [6, 6.07) is 4.82. The minimum atomic E-state index is 0.185. The van der Waals surface area contributed by atoms with Crippen LogP contribution in [0.5, 0.6) is 11.5 Å². The van der Waals surface area contributed by atoms with Crippen LogP contribution in [-0.2, 0) is 6.54 Å². The Hall–Kier alpha value is -0.970. The lowest BCUT2D eigenvalue weighted by Gasteiger charge is -2.32. The van der Waals surface area contributed by atoms with Gasteiger partial charge >= 0.3 is 0 Å². The average molecular weight is 311 g/mol. The van der Waals surface area contributed by atoms with Gasteiger partial charge in [-0.3, -0.25) is 0 Å². The minimum absolute atomic E-state index is 0.185. The molecule has 1 saturated heterocycles. The quantitative estimate of drug-likeness (QED) is 0.878. The molecule has 0 aromatic heterocycles. The number of halogens is 1. The summed E-state index contributed by atoms with van der Waals surface area (Å²) in [5.41, 5.74) is 0.795. The second-order valence-corrected chi connectivity index (χ2v) is 6.47. The minimum Gasteiger partial charge on any atom is -0.504 e. The Bertz CT molecular complexity index is 497. The maximum Gasteiger partial charge on any atom is 0.162 e. The van der Waals surface area contributed by atoms with Crippen LogP contribution in [0.25, 0.3) is 0 Å². The number of ether oxygens (including phenoxy) is 1. The molecule has 1 aromatic rings. The lowest BCUT2D eigenvalue weighted by atomic mass is 10.0. The van der Waals surface area contributed by atoms with Gasteiger partial charge in [-0.05, 0) is 44.8 Å². The van der Waals surface area contributed by atoms with Gasteiger partial charge < -0.3 is 20.1 Å². The van der Waals surface area contributed by atoms with Crippen molar-refractivity contribution in [3.8, 4) is 11.5 Å². The average Bonchev–Trinajstić information content (AvgIpc) is 3.33. The third-order valence-electron chi connectivity index (χ3n) is 4.51. The number of methoxy groups -OCH3 is 1. The van der Waals surface area contributed by atoms with E-state index in [1.54, 1.807) is 12.1 Å². The molecule has 0 spiro atoms. The Morgan fingerprint density at radius 1 is 1.29 bits per heavy atom. The molecule has 2 aliphatic rings. The third kappa shape index (κ3) is 3.62. The largest absolute Gasteiger partial charge is 0.504 e. The van der Waals surface area contributed by atoms with Gasteiger partial charge in [-0.15, -0.1) is 0 Å². The fraction of sp³-hybridized carbons (Fsp3) is 0.625. The van der Waals surface area contributed by atoms with E-state index in [-0.39, 0.29) is 5.75 Å². The number of nitrogens with one attached hydrogen (secondary N) is 1. The number of hydrogen-bond acceptors (Lipinski definition) is 4. The molecule has 116 valence electrons. The molecule has 1 heterocycles. The number of rotatable bonds is 5. The summed E-state index contributed by atoms with van der Waals surface area (Å²) in [6.45, 7) is 3.00. The zero-order chi connectivity index (χ0) is 14.8. The molecule has 5 heteroatoms. The van der Waals surface area contributed by atoms with E-state index in [1.807, 2.05) is 0 Å². The molecule has 0 radical (unpaired) electrons. The smallest absolute Gasteiger partial charge is 0.162 e. The molecule has 4 nitrogen and oxygen atoms in total. The number of piperidine rings is 1. The molecule has 0 unspecified atom stereocenters. The van der Waals surface area contributed by atoms with Crippen LogP contribution in [0.1, 0.15) is 31.2 Å². The van der Waals surface area contributed by atoms with Crippen molar-refractivity contribution in [3.63, 3.8) is 0 Å². The molecule has 0 bridgehead atoms. The Labute approximate surface area is 131 Å². The van der Waals surface area contributed by atoms with Gasteiger partial charge in [-0.25, -0.2) is 0 Å². The predicted molar refractivity (Wildman–Crippen MR) is 84.1 cm³/mol. The first-order valence-electron chi connectivity index (χ1n) is 7.70. The lowest BCUT2D eigenvalue weighted by molar-refractivity contribution is 0.189. The van der Waals surface area contributed by atoms with Crippen molar-refractivity contribution in [3.05, 3.63) is 22.7 Å². The van der Waals surface area contributed by atoms with E-state index in [2.05, 4.69) is 10.2 Å². The number of hydrogen-bond donors (Lipinski definition) is 2. The Balaban J connectivity index is 1.54. The van der Waals surface area contributed by atoms with E-state index in [4.69, 9.17) is 16.3 Å². The SMILES string of the molecule is COc1cc(Cl)cc(CNC2CCN(C3CC3)CC2)c1O. The van der Waals surface area contributed by atoms with Crippen LogP contribution >= 0.6 is 11.6 Å². The number of phenolic OH excluding ortho intramolecular Hbond substituents is 1. The van der Waals surface area contributed by atoms with Gasteiger partial charge in [-0.1, -0.05) is 11.6 Å². The summed E-state index contributed by atoms with van der Waals surface area (Å²) in [5.74, 6) is 0.618. The van der Waals surface area contributed by atoms with Crippen molar-refractivity contribution in [1.82, 2.24) is 10.2 Å². The first-order valence-corrected chi connectivity index (χ1v) is 8.08. The van der Waals surface area contributed by atoms with Crippen molar-refractivity contribution in [2.75, 3.05) is 20.2 Å². The molecular weight excluding hydrogens is 288 g/mol. The molecule has 1 saturated carbocycles. The number of benzene rings is 1. The summed E-state index contributed by atoms with van der Waals surface area (Å²) in [7, 11) is 1.54. The number of phenols is 1. The van der Waals surface area contributed by atoms with Gasteiger partial charge in [0.2, 0.25) is 0 Å². The van der Waals surface area contributed by atoms with Gasteiger partial charge in [0.25, 0.3) is 0 Å². The normalized spacial score (nSPS) is 20.7. The van der Waals surface area contributed by atoms with E-state index in [9.17, 15) is 5.11 Å². The number of aromatic hydroxyl groups is 1. The fourth-order valence-electron chi connectivity index (χ4n) is 3.08. The van der Waals surface area contributed by atoms with Crippen LogP contribution < -0.4 is 10.1 Å². The second-order valence-electron chi connectivity index (χ2n) is 6.04. The summed E-state index contributed by atoms with van der Waals surface area (Å²) in [4.78, 5) is 2.61. The van der Waals surface area contributed by atoms with Crippen LogP contribution in [-0.4, -0.2) is 42.3 Å². The van der Waals surface area contributed by atoms with Crippen molar-refractivity contribution in [2.24, 2.45) is 0 Å². The zero-order valence-corrected chi connectivity index (χ0v) is 13.2. The molecule has 2 fully saturated rings. The number of nitrogens with zero attached hydrogens (tertiary/aromatic N) is 1. The van der Waals surface area contributed by atoms with Crippen LogP contribution in [0.4, 0.5) is 0 Å². The highest BCUT2D eigenvalue weighted by Gasteiger charge is 2.31. The van der Waals surface area contributed by atoms with Crippen LogP contribution in [0.3, 0.4) is 0 Å². The topological polar surface area (TPSA) is 44.7 Å². The van der Waals surface area contributed by atoms with Crippen molar-refractivity contribution >= 4 is 11.6 Å². The summed E-state index contributed by atoms with van der Waals surface area (Å²) >= 11 is 6.06. The molecule has 1 aliphatic heterocycles. The molecule has 21 heavy (non-hydrogen) atoms. The van der Waals surface area contributed by atoms with Gasteiger partial charge in [0.05, 0.1) is 7.11 Å². The van der Waals surface area contributed by atoms with Crippen LogP contribution in [0, 0.1) is 0 Å². The third-order valence-corrected chi connectivity index (χ3v) is 4.73. The van der Waals surface area contributed by atoms with Gasteiger partial charge in [-0.2, -0.15) is 0 Å². The van der Waals surface area contributed by atoms with E-state index in [0.717, 1.165) is 11.6 Å². The Kier molecular flexibility index (Phi) is 4.57. The van der Waals surface area contributed by atoms with Crippen molar-refractivity contribution < 1.29 is 9.84 Å². The Morgan fingerprint density at radius 2 is 2.00 bits per heavy atom. The molecule has 1 aliphatic carbocycles. The van der Waals surface area contributed by atoms with E-state index < -0.39 is 0 Å². The molecule has 0 amide bonds. The monoisotopic (exact) mass is 310 g/mol. The maximum absolute atomic E-state index is 10.1. The molecule has 2 N–H and O–H groups in total. The molecule has 0 atom stereocenters. The standard InChI is InChI=1S/C16H23ClN2O2/c1-21-15-9-12(17)8-11(16(15)20)10-18-13-4-6-19(7-5-13)14-2-3-14/h8-9,13-14,18,20H,2-7,10H2,1H3.